The zero-order valence-electron chi connectivity index (χ0n) is 12.6. The van der Waals surface area contributed by atoms with Gasteiger partial charge in [0.2, 0.25) is 0 Å². The first-order valence-corrected chi connectivity index (χ1v) is 7.32. The van der Waals surface area contributed by atoms with E-state index in [0.717, 1.165) is 19.3 Å². The van der Waals surface area contributed by atoms with E-state index in [9.17, 15) is 5.11 Å². The summed E-state index contributed by atoms with van der Waals surface area (Å²) in [7, 11) is 0. The average Bonchev–Trinajstić information content (AvgIpc) is 2.21. The highest BCUT2D eigenvalue weighted by Gasteiger charge is 2.32. The molecular formula is C15H30O3. The summed E-state index contributed by atoms with van der Waals surface area (Å²) in [6.45, 7) is 10.9. The highest BCUT2D eigenvalue weighted by molar-refractivity contribution is 4.76. The third-order valence-electron chi connectivity index (χ3n) is 3.61. The topological polar surface area (TPSA) is 38.7 Å². The molecule has 0 saturated carbocycles. The van der Waals surface area contributed by atoms with Crippen molar-refractivity contribution in [2.75, 3.05) is 0 Å². The molecule has 1 rings (SSSR count). The van der Waals surface area contributed by atoms with Gasteiger partial charge < -0.3 is 14.6 Å². The van der Waals surface area contributed by atoms with Gasteiger partial charge in [-0.2, -0.15) is 0 Å². The molecule has 3 heteroatoms. The molecule has 1 saturated heterocycles. The van der Waals surface area contributed by atoms with E-state index in [1.54, 1.807) is 0 Å². The van der Waals surface area contributed by atoms with E-state index < -0.39 is 6.29 Å². The monoisotopic (exact) mass is 258 g/mol. The quantitative estimate of drug-likeness (QED) is 0.817. The Kier molecular flexibility index (Phi) is 6.09. The molecule has 0 aromatic rings. The van der Waals surface area contributed by atoms with Gasteiger partial charge in [0.25, 0.3) is 0 Å². The van der Waals surface area contributed by atoms with Gasteiger partial charge in [-0.25, -0.2) is 0 Å². The number of aliphatic hydroxyl groups excluding tert-OH is 1. The first-order valence-electron chi connectivity index (χ1n) is 7.32. The zero-order chi connectivity index (χ0) is 13.8. The van der Waals surface area contributed by atoms with E-state index in [1.807, 2.05) is 0 Å². The van der Waals surface area contributed by atoms with Crippen molar-refractivity contribution >= 4 is 0 Å². The average molecular weight is 258 g/mol. The van der Waals surface area contributed by atoms with Crippen LogP contribution < -0.4 is 0 Å². The molecule has 18 heavy (non-hydrogen) atoms. The molecule has 0 aromatic heterocycles. The molecule has 1 fully saturated rings. The Morgan fingerprint density at radius 1 is 1.33 bits per heavy atom. The van der Waals surface area contributed by atoms with Gasteiger partial charge in [0.05, 0.1) is 6.10 Å². The van der Waals surface area contributed by atoms with E-state index in [0.29, 0.717) is 5.92 Å². The van der Waals surface area contributed by atoms with Crippen LogP contribution in [0.4, 0.5) is 0 Å². The summed E-state index contributed by atoms with van der Waals surface area (Å²) in [5, 5.41) is 9.64. The van der Waals surface area contributed by atoms with Gasteiger partial charge in [0.15, 0.2) is 12.6 Å². The van der Waals surface area contributed by atoms with E-state index in [4.69, 9.17) is 9.47 Å². The van der Waals surface area contributed by atoms with Crippen molar-refractivity contribution in [3.05, 3.63) is 0 Å². The summed E-state index contributed by atoms with van der Waals surface area (Å²) < 4.78 is 11.6. The van der Waals surface area contributed by atoms with Gasteiger partial charge >= 0.3 is 0 Å². The van der Waals surface area contributed by atoms with E-state index in [2.05, 4.69) is 34.6 Å². The van der Waals surface area contributed by atoms with Crippen LogP contribution in [0, 0.1) is 11.3 Å². The lowest BCUT2D eigenvalue weighted by atomic mass is 9.86. The van der Waals surface area contributed by atoms with Crippen LogP contribution >= 0.6 is 0 Å². The van der Waals surface area contributed by atoms with Crippen LogP contribution in [0.25, 0.3) is 0 Å². The maximum atomic E-state index is 9.64. The molecule has 0 amide bonds. The number of hydrogen-bond donors (Lipinski definition) is 1. The van der Waals surface area contributed by atoms with Crippen molar-refractivity contribution in [2.45, 2.75) is 85.4 Å². The van der Waals surface area contributed by atoms with E-state index in [-0.39, 0.29) is 17.8 Å². The predicted molar refractivity (Wildman–Crippen MR) is 73.1 cm³/mol. The van der Waals surface area contributed by atoms with Gasteiger partial charge in [0, 0.05) is 12.8 Å². The summed E-state index contributed by atoms with van der Waals surface area (Å²) in [6.07, 6.45) is 4.30. The van der Waals surface area contributed by atoms with Crippen molar-refractivity contribution in [1.29, 1.82) is 0 Å². The van der Waals surface area contributed by atoms with Gasteiger partial charge in [0.1, 0.15) is 0 Å². The number of hydrogen-bond acceptors (Lipinski definition) is 3. The number of aliphatic hydroxyl groups is 1. The molecule has 1 aliphatic heterocycles. The second-order valence-corrected chi connectivity index (χ2v) is 6.73. The highest BCUT2D eigenvalue weighted by atomic mass is 16.7. The Hall–Kier alpha value is -0.120. The van der Waals surface area contributed by atoms with Crippen LogP contribution in [0.1, 0.15) is 66.7 Å². The van der Waals surface area contributed by atoms with E-state index >= 15 is 0 Å². The molecule has 1 N–H and O–H groups in total. The number of unbranched alkanes of at least 4 members (excludes halogenated alkanes) is 1. The fourth-order valence-corrected chi connectivity index (χ4v) is 2.42. The summed E-state index contributed by atoms with van der Waals surface area (Å²) in [5.74, 6) is 0.463. The second-order valence-electron chi connectivity index (χ2n) is 6.73. The summed E-state index contributed by atoms with van der Waals surface area (Å²) in [4.78, 5) is 0. The minimum Gasteiger partial charge on any atom is -0.368 e. The summed E-state index contributed by atoms with van der Waals surface area (Å²) in [6, 6.07) is 0. The number of ether oxygens (including phenoxy) is 2. The molecule has 0 spiro atoms. The van der Waals surface area contributed by atoms with Crippen molar-refractivity contribution in [2.24, 2.45) is 11.3 Å². The van der Waals surface area contributed by atoms with Crippen LogP contribution in [0.15, 0.2) is 0 Å². The van der Waals surface area contributed by atoms with Crippen LogP contribution in [0.5, 0.6) is 0 Å². The molecular weight excluding hydrogens is 228 g/mol. The normalized spacial score (nSPS) is 31.3. The lowest BCUT2D eigenvalue weighted by molar-refractivity contribution is -0.283. The minimum atomic E-state index is -0.662. The Morgan fingerprint density at radius 3 is 2.50 bits per heavy atom. The van der Waals surface area contributed by atoms with Crippen LogP contribution in [0.3, 0.4) is 0 Å². The Morgan fingerprint density at radius 2 is 2.00 bits per heavy atom. The summed E-state index contributed by atoms with van der Waals surface area (Å²) in [5.41, 5.74) is 0.115. The molecule has 4 atom stereocenters. The predicted octanol–water partition coefficient (Wildman–Crippen LogP) is 3.70. The van der Waals surface area contributed by atoms with Gasteiger partial charge in [-0.15, -0.1) is 0 Å². The Balaban J connectivity index is 2.54. The third kappa shape index (κ3) is 5.25. The molecule has 1 aliphatic rings. The molecule has 0 bridgehead atoms. The summed E-state index contributed by atoms with van der Waals surface area (Å²) >= 11 is 0. The lowest BCUT2D eigenvalue weighted by Crippen LogP contribution is -2.40. The molecule has 0 aliphatic carbocycles. The largest absolute Gasteiger partial charge is 0.368 e. The minimum absolute atomic E-state index is 0.115. The Bertz CT molecular complexity index is 224. The van der Waals surface area contributed by atoms with Gasteiger partial charge in [-0.1, -0.05) is 47.5 Å². The first kappa shape index (κ1) is 15.9. The second kappa shape index (κ2) is 6.88. The smallest absolute Gasteiger partial charge is 0.161 e. The van der Waals surface area contributed by atoms with Crippen LogP contribution in [-0.2, 0) is 9.47 Å². The fraction of sp³-hybridized carbons (Fsp3) is 1.00. The molecule has 0 radical (unpaired) electrons. The molecule has 3 unspecified atom stereocenters. The van der Waals surface area contributed by atoms with Crippen molar-refractivity contribution in [1.82, 2.24) is 0 Å². The van der Waals surface area contributed by atoms with Crippen molar-refractivity contribution < 1.29 is 14.6 Å². The third-order valence-corrected chi connectivity index (χ3v) is 3.61. The van der Waals surface area contributed by atoms with Crippen molar-refractivity contribution in [3.63, 3.8) is 0 Å². The van der Waals surface area contributed by atoms with Crippen molar-refractivity contribution in [3.8, 4) is 0 Å². The SMILES string of the molecule is CCCCC(OC1C[C@H](C)CC(O)O1)C(C)(C)C. The Labute approximate surface area is 112 Å². The fourth-order valence-electron chi connectivity index (χ4n) is 2.42. The number of rotatable bonds is 5. The standard InChI is InChI=1S/C15H30O3/c1-6-7-8-12(15(3,4)5)17-14-10-11(2)9-13(16)18-14/h11-14,16H,6-10H2,1-5H3/t11-,12?,13?,14?/m1/s1. The van der Waals surface area contributed by atoms with E-state index in [1.165, 1.54) is 12.8 Å². The molecule has 108 valence electrons. The molecule has 0 aromatic carbocycles. The lowest BCUT2D eigenvalue weighted by Gasteiger charge is -2.38. The molecule has 3 nitrogen and oxygen atoms in total. The maximum Gasteiger partial charge on any atom is 0.161 e. The van der Waals surface area contributed by atoms with Gasteiger partial charge in [-0.05, 0) is 17.8 Å². The van der Waals surface area contributed by atoms with Crippen LogP contribution in [0.2, 0.25) is 0 Å². The first-order chi connectivity index (χ1) is 8.32. The zero-order valence-corrected chi connectivity index (χ0v) is 12.6. The van der Waals surface area contributed by atoms with Crippen LogP contribution in [-0.4, -0.2) is 23.8 Å². The van der Waals surface area contributed by atoms with Gasteiger partial charge in [-0.3, -0.25) is 0 Å². The molecule has 1 heterocycles. The maximum absolute atomic E-state index is 9.64. The highest BCUT2D eigenvalue weighted by Crippen LogP contribution is 2.31.